The van der Waals surface area contributed by atoms with Crippen LogP contribution in [0.4, 0.5) is 5.69 Å². The van der Waals surface area contributed by atoms with Crippen molar-refractivity contribution in [2.45, 2.75) is 13.8 Å². The summed E-state index contributed by atoms with van der Waals surface area (Å²) in [6, 6.07) is 10.4. The van der Waals surface area contributed by atoms with Crippen molar-refractivity contribution in [1.82, 2.24) is 5.43 Å². The van der Waals surface area contributed by atoms with Gasteiger partial charge in [-0.1, -0.05) is 0 Å². The number of nitrogens with zero attached hydrogens (tertiary/aromatic N) is 1. The van der Waals surface area contributed by atoms with Gasteiger partial charge in [-0.15, -0.1) is 0 Å². The van der Waals surface area contributed by atoms with E-state index in [4.69, 9.17) is 9.47 Å². The lowest BCUT2D eigenvalue weighted by Gasteiger charge is -2.14. The smallest absolute Gasteiger partial charge is 0.308 e. The number of benzene rings is 2. The third-order valence-corrected chi connectivity index (χ3v) is 5.17. The van der Waals surface area contributed by atoms with Crippen LogP contribution in [0.3, 0.4) is 0 Å². The highest BCUT2D eigenvalue weighted by Crippen LogP contribution is 2.38. The summed E-state index contributed by atoms with van der Waals surface area (Å²) in [6.07, 6.45) is 1.47. The summed E-state index contributed by atoms with van der Waals surface area (Å²) in [5.74, 6) is -0.897. The first-order chi connectivity index (χ1) is 13.8. The Kier molecular flexibility index (Phi) is 6.58. The van der Waals surface area contributed by atoms with Crippen LogP contribution in [0, 0.1) is 3.57 Å². The molecule has 2 amide bonds. The molecular formula is C20H16BrIN2O5. The normalized spacial score (nSPS) is 14.9. The van der Waals surface area contributed by atoms with E-state index < -0.39 is 17.8 Å². The Balaban J connectivity index is 1.96. The number of hydrazine groups is 1. The lowest BCUT2D eigenvalue weighted by molar-refractivity contribution is -0.132. The molecule has 0 radical (unpaired) electrons. The Labute approximate surface area is 189 Å². The first kappa shape index (κ1) is 21.3. The molecule has 1 heterocycles. The van der Waals surface area contributed by atoms with Gasteiger partial charge in [-0.2, -0.15) is 0 Å². The number of ether oxygens (including phenoxy) is 2. The zero-order valence-electron chi connectivity index (χ0n) is 15.5. The molecule has 0 aliphatic carbocycles. The lowest BCUT2D eigenvalue weighted by atomic mass is 10.1. The van der Waals surface area contributed by atoms with E-state index in [2.05, 4.69) is 43.9 Å². The second kappa shape index (κ2) is 8.95. The first-order valence-corrected chi connectivity index (χ1v) is 10.4. The summed E-state index contributed by atoms with van der Waals surface area (Å²) >= 11 is 5.51. The van der Waals surface area contributed by atoms with Gasteiger partial charge in [-0.25, -0.2) is 5.01 Å². The Morgan fingerprint density at radius 1 is 1.24 bits per heavy atom. The van der Waals surface area contributed by atoms with Gasteiger partial charge in [0.2, 0.25) is 0 Å². The number of rotatable bonds is 5. The topological polar surface area (TPSA) is 84.9 Å². The fourth-order valence-corrected chi connectivity index (χ4v) is 3.57. The second-order valence-electron chi connectivity index (χ2n) is 5.97. The molecule has 0 unspecified atom stereocenters. The maximum absolute atomic E-state index is 12.8. The average molecular weight is 571 g/mol. The maximum Gasteiger partial charge on any atom is 0.308 e. The van der Waals surface area contributed by atoms with E-state index in [0.29, 0.717) is 28.1 Å². The van der Waals surface area contributed by atoms with Crippen molar-refractivity contribution < 1.29 is 23.9 Å². The Bertz CT molecular complexity index is 1020. The molecule has 1 aliphatic rings. The Hall–Kier alpha value is -2.40. The molecule has 9 heteroatoms. The molecule has 3 rings (SSSR count). The van der Waals surface area contributed by atoms with Crippen molar-refractivity contribution in [3.05, 3.63) is 55.6 Å². The number of carbonyl (C=O) groups excluding carboxylic acids is 3. The molecule has 0 atom stereocenters. The van der Waals surface area contributed by atoms with E-state index in [9.17, 15) is 14.4 Å². The number of hydrogen-bond donors (Lipinski definition) is 1. The average Bonchev–Trinajstić information content (AvgIpc) is 2.93. The third kappa shape index (κ3) is 4.78. The maximum atomic E-state index is 12.8. The van der Waals surface area contributed by atoms with E-state index in [1.807, 2.05) is 12.1 Å². The fraction of sp³-hybridized carbons (Fsp3) is 0.150. The van der Waals surface area contributed by atoms with Gasteiger partial charge in [0.1, 0.15) is 5.57 Å². The molecule has 0 spiro atoms. The highest BCUT2D eigenvalue weighted by atomic mass is 127. The summed E-state index contributed by atoms with van der Waals surface area (Å²) < 4.78 is 12.2. The molecule has 1 aliphatic heterocycles. The largest absolute Gasteiger partial charge is 0.490 e. The minimum absolute atomic E-state index is 0.0156. The highest BCUT2D eigenvalue weighted by Gasteiger charge is 2.34. The molecule has 0 aromatic heterocycles. The van der Waals surface area contributed by atoms with Crippen molar-refractivity contribution >= 4 is 68.1 Å². The molecule has 29 heavy (non-hydrogen) atoms. The van der Waals surface area contributed by atoms with Gasteiger partial charge in [-0.3, -0.25) is 19.8 Å². The van der Waals surface area contributed by atoms with Crippen molar-refractivity contribution in [3.63, 3.8) is 0 Å². The SMILES string of the molecule is CCOc1cc(/C=C2\C(=O)NN(c3ccc(I)cc3)C2=O)cc(Br)c1OC(C)=O. The minimum Gasteiger partial charge on any atom is -0.490 e. The van der Waals surface area contributed by atoms with Crippen LogP contribution >= 0.6 is 38.5 Å². The van der Waals surface area contributed by atoms with Crippen molar-refractivity contribution in [2.75, 3.05) is 11.6 Å². The summed E-state index contributed by atoms with van der Waals surface area (Å²) in [5, 5.41) is 1.20. The van der Waals surface area contributed by atoms with Gasteiger partial charge < -0.3 is 9.47 Å². The highest BCUT2D eigenvalue weighted by molar-refractivity contribution is 14.1. The molecule has 0 saturated carbocycles. The van der Waals surface area contributed by atoms with Crippen LogP contribution in [-0.2, 0) is 14.4 Å². The van der Waals surface area contributed by atoms with Gasteiger partial charge in [0.05, 0.1) is 16.8 Å². The summed E-state index contributed by atoms with van der Waals surface area (Å²) in [6.45, 7) is 3.43. The van der Waals surface area contributed by atoms with Gasteiger partial charge in [0.25, 0.3) is 11.8 Å². The molecule has 150 valence electrons. The number of esters is 1. The lowest BCUT2D eigenvalue weighted by Crippen LogP contribution is -2.35. The molecule has 2 aromatic rings. The van der Waals surface area contributed by atoms with Crippen LogP contribution in [0.25, 0.3) is 6.08 Å². The van der Waals surface area contributed by atoms with Crippen molar-refractivity contribution in [3.8, 4) is 11.5 Å². The van der Waals surface area contributed by atoms with Crippen LogP contribution < -0.4 is 19.9 Å². The Morgan fingerprint density at radius 3 is 2.55 bits per heavy atom. The van der Waals surface area contributed by atoms with Crippen LogP contribution in [0.5, 0.6) is 11.5 Å². The number of hydrogen-bond acceptors (Lipinski definition) is 5. The van der Waals surface area contributed by atoms with Crippen LogP contribution in [-0.4, -0.2) is 24.4 Å². The molecule has 0 bridgehead atoms. The number of anilines is 1. The van der Waals surface area contributed by atoms with E-state index in [1.54, 1.807) is 31.2 Å². The predicted octanol–water partition coefficient (Wildman–Crippen LogP) is 3.84. The predicted molar refractivity (Wildman–Crippen MR) is 119 cm³/mol. The minimum atomic E-state index is -0.508. The second-order valence-corrected chi connectivity index (χ2v) is 8.07. The van der Waals surface area contributed by atoms with Crippen LogP contribution in [0.2, 0.25) is 0 Å². The standard InChI is InChI=1S/C20H16BrIN2O5/c1-3-28-17-10-12(9-16(21)18(17)29-11(2)25)8-15-19(26)23-24(20(15)27)14-6-4-13(22)5-7-14/h4-10H,3H2,1-2H3,(H,23,26)/b15-8+. The molecular weight excluding hydrogens is 555 g/mol. The van der Waals surface area contributed by atoms with Crippen LogP contribution in [0.15, 0.2) is 46.4 Å². The monoisotopic (exact) mass is 570 g/mol. The molecule has 1 saturated heterocycles. The van der Waals surface area contributed by atoms with E-state index in [0.717, 1.165) is 3.57 Å². The zero-order valence-corrected chi connectivity index (χ0v) is 19.2. The third-order valence-electron chi connectivity index (χ3n) is 3.86. The molecule has 1 fully saturated rings. The zero-order chi connectivity index (χ0) is 21.1. The van der Waals surface area contributed by atoms with Crippen molar-refractivity contribution in [1.29, 1.82) is 0 Å². The fourth-order valence-electron chi connectivity index (χ4n) is 2.67. The summed E-state index contributed by atoms with van der Waals surface area (Å²) in [7, 11) is 0. The van der Waals surface area contributed by atoms with Crippen LogP contribution in [0.1, 0.15) is 19.4 Å². The molecule has 7 nitrogen and oxygen atoms in total. The quantitative estimate of drug-likeness (QED) is 0.194. The summed E-state index contributed by atoms with van der Waals surface area (Å²) in [5.41, 5.74) is 3.65. The number of nitrogens with one attached hydrogen (secondary N) is 1. The summed E-state index contributed by atoms with van der Waals surface area (Å²) in [4.78, 5) is 36.5. The number of carbonyl (C=O) groups is 3. The molecule has 1 N–H and O–H groups in total. The Morgan fingerprint density at radius 2 is 1.93 bits per heavy atom. The van der Waals surface area contributed by atoms with Gasteiger partial charge in [0.15, 0.2) is 11.5 Å². The number of amides is 2. The van der Waals surface area contributed by atoms with Gasteiger partial charge in [0, 0.05) is 10.5 Å². The molecule has 2 aromatic carbocycles. The number of halogens is 2. The van der Waals surface area contributed by atoms with Crippen molar-refractivity contribution in [2.24, 2.45) is 0 Å². The first-order valence-electron chi connectivity index (χ1n) is 8.57. The van der Waals surface area contributed by atoms with Gasteiger partial charge in [-0.05, 0) is 93.5 Å². The van der Waals surface area contributed by atoms with E-state index in [1.165, 1.54) is 18.0 Å². The van der Waals surface area contributed by atoms with E-state index >= 15 is 0 Å². The van der Waals surface area contributed by atoms with Gasteiger partial charge >= 0.3 is 5.97 Å². The van der Waals surface area contributed by atoms with E-state index in [-0.39, 0.29) is 11.3 Å².